The van der Waals surface area contributed by atoms with E-state index in [0.29, 0.717) is 48.0 Å². The van der Waals surface area contributed by atoms with Gasteiger partial charge >= 0.3 is 5.97 Å². The molecule has 0 saturated heterocycles. The van der Waals surface area contributed by atoms with Crippen LogP contribution in [0.3, 0.4) is 0 Å². The van der Waals surface area contributed by atoms with Crippen LogP contribution < -0.4 is 0 Å². The lowest BCUT2D eigenvalue weighted by atomic mass is 9.99. The summed E-state index contributed by atoms with van der Waals surface area (Å²) in [5, 5.41) is 27.4. The molecule has 6 aromatic carbocycles. The Morgan fingerprint density at radius 2 is 0.553 bits per heavy atom. The number of benzene rings is 6. The van der Waals surface area contributed by atoms with Crippen molar-refractivity contribution >= 4 is 22.5 Å². The van der Waals surface area contributed by atoms with E-state index in [1.807, 2.05) is 72.7 Å². The number of Topliss-reactive ketones (excluding diaryl/α,β-unsaturated/α-hetero) is 1. The van der Waals surface area contributed by atoms with Gasteiger partial charge in [-0.1, -0.05) is 556 Å². The highest BCUT2D eigenvalue weighted by Crippen LogP contribution is 2.24. The molecular formula is C126H235FO5. The van der Waals surface area contributed by atoms with E-state index < -0.39 is 5.97 Å². The number of aliphatic hydroxyl groups is 2. The summed E-state index contributed by atoms with van der Waals surface area (Å²) in [7, 11) is 0. The van der Waals surface area contributed by atoms with E-state index in [2.05, 4.69) is 431 Å². The Balaban J connectivity index is -0.0000000939. The van der Waals surface area contributed by atoms with Crippen LogP contribution in [0.4, 0.5) is 4.39 Å². The second-order valence-corrected chi connectivity index (χ2v) is 42.2. The number of aliphatic carboxylic acids is 1. The summed E-state index contributed by atoms with van der Waals surface area (Å²) in [6.07, 6.45) is 20.4. The SMILES string of the molecule is C#CCC(C)C.C/C=C/C(C)C.CC(=O)C(C)C.CC(C)C.CC(C)C(=O)O.CC(C)C(C)C.CC(C)C(C)O.CC(C)CO.CC(C)c1ccc(-c2ccccc2)cc1.CC(C)c1ccc(F)cc1.CC(C)c1ccc2ccccc2c1.CC(C)c1ccccc1.CCC(C)C.CCC(C)C.CCC(C)C.CCC(C)C.CCC(C)C.CCC(C)C.CCC(C)C.CCC(C)C. The highest BCUT2D eigenvalue weighted by molar-refractivity contribution is 5.83. The maximum absolute atomic E-state index is 12.4. The van der Waals surface area contributed by atoms with Crippen LogP contribution in [-0.2, 0) is 9.59 Å². The van der Waals surface area contributed by atoms with Crippen LogP contribution in [0.15, 0.2) is 164 Å². The van der Waals surface area contributed by atoms with Crippen LogP contribution in [-0.4, -0.2) is 39.8 Å². The van der Waals surface area contributed by atoms with Crippen LogP contribution in [0.5, 0.6) is 0 Å². The minimum Gasteiger partial charge on any atom is -0.481 e. The summed E-state index contributed by atoms with van der Waals surface area (Å²) in [5.74, 6) is 16.1. The fraction of sp³-hybridized carbons (Fsp3) is 0.683. The first-order valence-electron chi connectivity index (χ1n) is 52.4. The summed E-state index contributed by atoms with van der Waals surface area (Å²) < 4.78 is 12.4. The van der Waals surface area contributed by atoms with Crippen molar-refractivity contribution in [3.05, 3.63) is 192 Å². The number of ketones is 1. The van der Waals surface area contributed by atoms with Crippen molar-refractivity contribution in [2.24, 2.45) is 101 Å². The number of fused-ring (bicyclic) bond motifs is 1. The highest BCUT2D eigenvalue weighted by atomic mass is 19.1. The molecule has 6 heteroatoms. The Hall–Kier alpha value is -6.13. The average Bonchev–Trinajstić information content (AvgIpc) is 0.842. The summed E-state index contributed by atoms with van der Waals surface area (Å²) in [6.45, 7) is 115. The van der Waals surface area contributed by atoms with Gasteiger partial charge in [-0.15, -0.1) is 12.3 Å². The zero-order chi connectivity index (χ0) is 107. The molecule has 132 heavy (non-hydrogen) atoms. The number of hydrogen-bond acceptors (Lipinski definition) is 4. The standard InChI is InChI=1S/C15H16.C13H14.C9H11F.C9H12.C6H14.C6H12.C6H10.C5H12O.C5H10O.8C5H12.C4H8O2.C4H10O.C4H10/c1-12(2)13-8-10-15(11-9-13)14-6-4-3-5-7-14;1-10(2)12-8-7-11-5-3-4-6-13(11)9-12;1-7(2)8-3-5-9(10)6-4-8;1-8(2)9-6-4-3-5-7-9;1-5(2)6(3)4;2*1-4-5-6(2)3;2*1-4(2)5(3)6;8*1-4-5(2)3;1-3(2)4(5)6;1-4(2)3-5;1-4(2)3/h3-12H,1-2H3;3-10H,1-2H3;3-7H,1-2H3;3-8H,1-2H3;5-6H,1-4H3;4-6H,1-3H3;1,6H,5H2,2-3H3;4-6H,1-3H3;4H,1-3H3;8*5H,4H2,1-3H3;3H,1-2H3,(H,5,6);4-5H,3H2,1-2H3;4H,1-3H3/b;;;;;5-4+;;;;;;;;;;;;;;. The van der Waals surface area contributed by atoms with Gasteiger partial charge in [0.15, 0.2) is 0 Å². The van der Waals surface area contributed by atoms with Gasteiger partial charge in [-0.05, 0) is 189 Å². The van der Waals surface area contributed by atoms with Crippen LogP contribution in [0.1, 0.15) is 478 Å². The normalized spacial score (nSPS) is 10.2. The van der Waals surface area contributed by atoms with Gasteiger partial charge < -0.3 is 15.3 Å². The van der Waals surface area contributed by atoms with Gasteiger partial charge in [-0.25, -0.2) is 4.39 Å². The molecule has 0 heterocycles. The maximum atomic E-state index is 12.4. The number of carboxylic acids is 1. The third kappa shape index (κ3) is 155. The minimum atomic E-state index is -0.741. The number of halogens is 1. The van der Waals surface area contributed by atoms with E-state index in [9.17, 15) is 14.0 Å². The van der Waals surface area contributed by atoms with Crippen molar-refractivity contribution in [2.75, 3.05) is 6.61 Å². The summed E-state index contributed by atoms with van der Waals surface area (Å²) in [6, 6.07) is 51.6. The number of carboxylic acid groups (broad SMARTS) is 1. The Morgan fingerprint density at radius 1 is 0.333 bits per heavy atom. The molecule has 5 nitrogen and oxygen atoms in total. The van der Waals surface area contributed by atoms with Gasteiger partial charge in [0.25, 0.3) is 0 Å². The molecule has 0 aliphatic carbocycles. The molecule has 0 aliphatic heterocycles. The average molecular weight is 1850 g/mol. The predicted molar refractivity (Wildman–Crippen MR) is 611 cm³/mol. The largest absolute Gasteiger partial charge is 0.481 e. The van der Waals surface area contributed by atoms with Crippen LogP contribution in [0, 0.1) is 119 Å². The summed E-state index contributed by atoms with van der Waals surface area (Å²) in [4.78, 5) is 19.8. The number of hydrogen-bond donors (Lipinski definition) is 3. The predicted octanol–water partition coefficient (Wildman–Crippen LogP) is 42.1. The molecule has 3 N–H and O–H groups in total. The molecule has 0 amide bonds. The van der Waals surface area contributed by atoms with Gasteiger partial charge in [-0.2, -0.15) is 0 Å². The number of carbonyl (C=O) groups is 2. The van der Waals surface area contributed by atoms with E-state index in [4.69, 9.17) is 21.7 Å². The first-order chi connectivity index (χ1) is 60.8. The summed E-state index contributed by atoms with van der Waals surface area (Å²) >= 11 is 0. The van der Waals surface area contributed by atoms with E-state index in [1.165, 1.54) is 108 Å². The fourth-order valence-corrected chi connectivity index (χ4v) is 5.56. The zero-order valence-corrected chi connectivity index (χ0v) is 98.5. The fourth-order valence-electron chi connectivity index (χ4n) is 5.56. The second-order valence-electron chi connectivity index (χ2n) is 42.2. The lowest BCUT2D eigenvalue weighted by Gasteiger charge is -2.06. The Labute approximate surface area is 830 Å². The monoisotopic (exact) mass is 1850 g/mol. The van der Waals surface area contributed by atoms with Gasteiger partial charge in [0.05, 0.1) is 12.0 Å². The molecule has 0 radical (unpaired) electrons. The smallest absolute Gasteiger partial charge is 0.305 e. The van der Waals surface area contributed by atoms with Crippen molar-refractivity contribution in [3.63, 3.8) is 0 Å². The van der Waals surface area contributed by atoms with Crippen molar-refractivity contribution in [3.8, 4) is 23.5 Å². The zero-order valence-electron chi connectivity index (χ0n) is 98.5. The highest BCUT2D eigenvalue weighted by Gasteiger charge is 2.04. The topological polar surface area (TPSA) is 94.8 Å². The third-order valence-electron chi connectivity index (χ3n) is 19.7. The van der Waals surface area contributed by atoms with Gasteiger partial charge in [0.1, 0.15) is 11.6 Å². The molecule has 0 fully saturated rings. The van der Waals surface area contributed by atoms with Gasteiger partial charge in [0.2, 0.25) is 0 Å². The molecule has 0 aromatic heterocycles. The van der Waals surface area contributed by atoms with E-state index in [-0.39, 0.29) is 29.5 Å². The first kappa shape index (κ1) is 157. The quantitative estimate of drug-likeness (QED) is 0.0523. The number of aliphatic hydroxyl groups excluding tert-OH is 2. The molecule has 0 bridgehead atoms. The number of terminal acetylenes is 1. The Morgan fingerprint density at radius 3 is 0.720 bits per heavy atom. The minimum absolute atomic E-state index is 0.148. The molecule has 1 atom stereocenters. The molecule has 776 valence electrons. The second kappa shape index (κ2) is 112. The van der Waals surface area contributed by atoms with Gasteiger partial charge in [-0.3, -0.25) is 9.59 Å². The van der Waals surface area contributed by atoms with Crippen molar-refractivity contribution < 1.29 is 29.3 Å². The third-order valence-corrected chi connectivity index (χ3v) is 19.7. The van der Waals surface area contributed by atoms with E-state index in [1.54, 1.807) is 27.7 Å². The van der Waals surface area contributed by atoms with Crippen molar-refractivity contribution in [1.82, 2.24) is 0 Å². The van der Waals surface area contributed by atoms with Crippen molar-refractivity contribution in [2.45, 2.75) is 461 Å². The van der Waals surface area contributed by atoms with E-state index in [0.717, 1.165) is 77.4 Å². The number of carbonyl (C=O) groups excluding carboxylic acids is 1. The number of allylic oxidation sites excluding steroid dienone is 2. The van der Waals surface area contributed by atoms with Crippen LogP contribution in [0.2, 0.25) is 0 Å². The molecule has 6 rings (SSSR count). The van der Waals surface area contributed by atoms with Gasteiger partial charge in [0, 0.05) is 18.9 Å². The molecule has 6 aromatic rings. The molecule has 1 unspecified atom stereocenters. The Kier molecular flexibility index (Phi) is 133. The van der Waals surface area contributed by atoms with Crippen molar-refractivity contribution in [1.29, 1.82) is 0 Å². The first-order valence-corrected chi connectivity index (χ1v) is 52.4. The molecule has 0 aliphatic rings. The molecule has 0 saturated carbocycles. The van der Waals surface area contributed by atoms with Crippen LogP contribution >= 0.6 is 0 Å². The van der Waals surface area contributed by atoms with Crippen LogP contribution in [0.25, 0.3) is 21.9 Å². The number of rotatable bonds is 20. The molecular weight excluding hydrogens is 1610 g/mol. The Bertz CT molecular complexity index is 3060. The lowest BCUT2D eigenvalue weighted by Crippen LogP contribution is -2.07. The van der Waals surface area contributed by atoms with E-state index >= 15 is 0 Å². The molecule has 0 spiro atoms. The lowest BCUT2D eigenvalue weighted by molar-refractivity contribution is -0.140. The summed E-state index contributed by atoms with van der Waals surface area (Å²) in [5.41, 5.74) is 7.99. The maximum Gasteiger partial charge on any atom is 0.305 e.